The summed E-state index contributed by atoms with van der Waals surface area (Å²) in [7, 11) is 0. The van der Waals surface area contributed by atoms with E-state index >= 15 is 0 Å². The van der Waals surface area contributed by atoms with Gasteiger partial charge in [-0.15, -0.1) is 0 Å². The summed E-state index contributed by atoms with van der Waals surface area (Å²) in [5.74, 6) is 1.78. The fourth-order valence-corrected chi connectivity index (χ4v) is 9.98. The number of aliphatic hydroxyl groups is 2. The Morgan fingerprint density at radius 2 is 1.68 bits per heavy atom. The van der Waals surface area contributed by atoms with E-state index in [4.69, 9.17) is 9.47 Å². The molecule has 0 aromatic heterocycles. The van der Waals surface area contributed by atoms with Crippen LogP contribution < -0.4 is 0 Å². The maximum Gasteiger partial charge on any atom is 0.306 e. The molecule has 0 amide bonds. The SMILES string of the molecule is CCCCCC[C@H](C/C=C\CCCCCCCC(=O)O[C@@H]1C/C(=C/C=C2\CCCC3(C)[C@@H]([C@H](C)CCCC(C)(C)O)CC[C@@H]23)C(C)C(O)C1)OC(C)=O. The van der Waals surface area contributed by atoms with Crippen molar-refractivity contribution in [2.75, 3.05) is 0 Å². The van der Waals surface area contributed by atoms with Gasteiger partial charge in [-0.05, 0) is 108 Å². The fourth-order valence-electron chi connectivity index (χ4n) is 9.98. The molecule has 3 aliphatic carbocycles. The molecule has 304 valence electrons. The lowest BCUT2D eigenvalue weighted by Crippen LogP contribution is -2.36. The summed E-state index contributed by atoms with van der Waals surface area (Å²) in [6.45, 7) is 14.6. The van der Waals surface area contributed by atoms with Crippen LogP contribution in [0, 0.1) is 29.1 Å². The number of hydrogen-bond donors (Lipinski definition) is 2. The molecule has 0 radical (unpaired) electrons. The van der Waals surface area contributed by atoms with Gasteiger partial charge in [0.1, 0.15) is 12.2 Å². The Balaban J connectivity index is 1.38. The fraction of sp³-hybridized carbons (Fsp3) is 0.830. The lowest BCUT2D eigenvalue weighted by atomic mass is 9.60. The van der Waals surface area contributed by atoms with Crippen LogP contribution in [0.25, 0.3) is 0 Å². The summed E-state index contributed by atoms with van der Waals surface area (Å²) < 4.78 is 11.5. The summed E-state index contributed by atoms with van der Waals surface area (Å²) in [5, 5.41) is 21.1. The third-order valence-corrected chi connectivity index (χ3v) is 13.1. The van der Waals surface area contributed by atoms with E-state index in [0.717, 1.165) is 83.0 Å². The molecule has 0 bridgehead atoms. The van der Waals surface area contributed by atoms with Gasteiger partial charge in [-0.2, -0.15) is 0 Å². The van der Waals surface area contributed by atoms with E-state index < -0.39 is 11.7 Å². The van der Waals surface area contributed by atoms with Crippen LogP contribution in [0.4, 0.5) is 0 Å². The summed E-state index contributed by atoms with van der Waals surface area (Å²) in [6, 6.07) is 0. The molecule has 3 fully saturated rings. The Labute approximate surface area is 325 Å². The molecule has 3 rings (SSSR count). The molecule has 53 heavy (non-hydrogen) atoms. The molecular weight excluding hydrogens is 661 g/mol. The molecular formula is C47H80O6. The number of carbonyl (C=O) groups excluding carboxylic acids is 2. The number of allylic oxidation sites excluding steroid dienone is 4. The summed E-state index contributed by atoms with van der Waals surface area (Å²) in [5.41, 5.74) is 2.55. The van der Waals surface area contributed by atoms with Crippen LogP contribution in [0.3, 0.4) is 0 Å². The molecule has 3 unspecified atom stereocenters. The van der Waals surface area contributed by atoms with E-state index in [2.05, 4.69) is 52.0 Å². The first-order valence-electron chi connectivity index (χ1n) is 22.0. The molecule has 3 saturated carbocycles. The molecule has 8 atom stereocenters. The number of aliphatic hydroxyl groups excluding tert-OH is 1. The highest BCUT2D eigenvalue weighted by Gasteiger charge is 2.50. The largest absolute Gasteiger partial charge is 0.462 e. The monoisotopic (exact) mass is 741 g/mol. The van der Waals surface area contributed by atoms with Gasteiger partial charge in [0.2, 0.25) is 0 Å². The number of hydrogen-bond acceptors (Lipinski definition) is 6. The molecule has 0 aromatic rings. The minimum atomic E-state index is -0.579. The van der Waals surface area contributed by atoms with Crippen molar-refractivity contribution in [2.24, 2.45) is 29.1 Å². The summed E-state index contributed by atoms with van der Waals surface area (Å²) in [4.78, 5) is 24.3. The normalized spacial score (nSPS) is 29.0. The Morgan fingerprint density at radius 3 is 2.42 bits per heavy atom. The highest BCUT2D eigenvalue weighted by molar-refractivity contribution is 5.69. The number of rotatable bonds is 23. The number of ether oxygens (including phenoxy) is 2. The number of fused-ring (bicyclic) bond motifs is 1. The van der Waals surface area contributed by atoms with Crippen molar-refractivity contribution in [3.63, 3.8) is 0 Å². The van der Waals surface area contributed by atoms with Gasteiger partial charge in [0.05, 0.1) is 11.7 Å². The molecule has 0 spiro atoms. The minimum absolute atomic E-state index is 0.00401. The standard InChI is InChI=1S/C47H80O6/c1-8-9-10-17-24-40(52-37(4)48)25-18-15-13-11-12-14-16-19-26-45(50)53-41-33-39(36(3)44(49)34-41)28-27-38-23-21-32-47(7)42(29-30-43(38)47)35(2)22-20-31-46(5,6)51/h15,18,27-28,35-36,40-44,49,51H,8-14,16-17,19-26,29-34H2,1-7H3/b18-15-,38-27+,39-28-/t35-,36?,40-,41-,42-,43+,44?,47?/m1/s1. The van der Waals surface area contributed by atoms with Crippen LogP contribution in [0.2, 0.25) is 0 Å². The zero-order valence-corrected chi connectivity index (χ0v) is 35.1. The van der Waals surface area contributed by atoms with E-state index in [1.54, 1.807) is 5.57 Å². The Morgan fingerprint density at radius 1 is 0.962 bits per heavy atom. The first kappa shape index (κ1) is 45.5. The van der Waals surface area contributed by atoms with Gasteiger partial charge in [0, 0.05) is 38.5 Å². The van der Waals surface area contributed by atoms with E-state index in [0.29, 0.717) is 36.5 Å². The van der Waals surface area contributed by atoms with Gasteiger partial charge < -0.3 is 19.7 Å². The Kier molecular flexibility index (Phi) is 19.9. The van der Waals surface area contributed by atoms with Crippen molar-refractivity contribution in [3.05, 3.63) is 35.5 Å². The quantitative estimate of drug-likeness (QED) is 0.0615. The van der Waals surface area contributed by atoms with E-state index in [1.807, 2.05) is 13.8 Å². The van der Waals surface area contributed by atoms with Crippen molar-refractivity contribution < 1.29 is 29.3 Å². The van der Waals surface area contributed by atoms with Crippen molar-refractivity contribution in [1.82, 2.24) is 0 Å². The maximum atomic E-state index is 12.8. The molecule has 0 aliphatic heterocycles. The van der Waals surface area contributed by atoms with Crippen LogP contribution in [-0.4, -0.2) is 46.1 Å². The van der Waals surface area contributed by atoms with Gasteiger partial charge >= 0.3 is 11.9 Å². The van der Waals surface area contributed by atoms with E-state index in [9.17, 15) is 19.8 Å². The predicted octanol–water partition coefficient (Wildman–Crippen LogP) is 11.9. The van der Waals surface area contributed by atoms with Crippen LogP contribution >= 0.6 is 0 Å². The summed E-state index contributed by atoms with van der Waals surface area (Å²) in [6.07, 6.45) is 32.2. The lowest BCUT2D eigenvalue weighted by Gasteiger charge is -2.44. The average molecular weight is 741 g/mol. The Hall–Kier alpha value is -1.92. The van der Waals surface area contributed by atoms with Crippen molar-refractivity contribution in [3.8, 4) is 0 Å². The van der Waals surface area contributed by atoms with Crippen LogP contribution in [0.15, 0.2) is 35.5 Å². The molecule has 3 aliphatic rings. The van der Waals surface area contributed by atoms with Crippen LogP contribution in [0.5, 0.6) is 0 Å². The molecule has 6 nitrogen and oxygen atoms in total. The Bertz CT molecular complexity index is 1180. The van der Waals surface area contributed by atoms with Crippen LogP contribution in [0.1, 0.15) is 196 Å². The second kappa shape index (κ2) is 23.2. The second-order valence-corrected chi connectivity index (χ2v) is 18.3. The lowest BCUT2D eigenvalue weighted by molar-refractivity contribution is -0.152. The third-order valence-electron chi connectivity index (χ3n) is 13.1. The van der Waals surface area contributed by atoms with Gasteiger partial charge in [0.15, 0.2) is 0 Å². The molecule has 0 saturated heterocycles. The average Bonchev–Trinajstić information content (AvgIpc) is 3.45. The highest BCUT2D eigenvalue weighted by atomic mass is 16.5. The maximum absolute atomic E-state index is 12.8. The molecule has 0 heterocycles. The summed E-state index contributed by atoms with van der Waals surface area (Å²) >= 11 is 0. The number of esters is 2. The number of unbranched alkanes of at least 4 members (excludes halogenated alkanes) is 8. The minimum Gasteiger partial charge on any atom is -0.462 e. The van der Waals surface area contributed by atoms with Crippen molar-refractivity contribution in [2.45, 2.75) is 220 Å². The van der Waals surface area contributed by atoms with Gasteiger partial charge in [0.25, 0.3) is 0 Å². The third kappa shape index (κ3) is 16.0. The molecule has 0 aromatic carbocycles. The van der Waals surface area contributed by atoms with Crippen molar-refractivity contribution in [1.29, 1.82) is 0 Å². The van der Waals surface area contributed by atoms with Crippen LogP contribution in [-0.2, 0) is 19.1 Å². The zero-order valence-electron chi connectivity index (χ0n) is 35.1. The molecule has 2 N–H and O–H groups in total. The first-order chi connectivity index (χ1) is 25.2. The van der Waals surface area contributed by atoms with Gasteiger partial charge in [-0.25, -0.2) is 0 Å². The van der Waals surface area contributed by atoms with E-state index in [1.165, 1.54) is 63.9 Å². The predicted molar refractivity (Wildman–Crippen MR) is 218 cm³/mol. The second-order valence-electron chi connectivity index (χ2n) is 18.3. The zero-order chi connectivity index (χ0) is 38.9. The topological polar surface area (TPSA) is 93.1 Å². The van der Waals surface area contributed by atoms with Gasteiger partial charge in [-0.3, -0.25) is 9.59 Å². The van der Waals surface area contributed by atoms with Crippen molar-refractivity contribution >= 4 is 11.9 Å². The van der Waals surface area contributed by atoms with Gasteiger partial charge in [-0.1, -0.05) is 115 Å². The smallest absolute Gasteiger partial charge is 0.306 e. The highest BCUT2D eigenvalue weighted by Crippen LogP contribution is 2.60. The molecule has 6 heteroatoms. The number of carbonyl (C=O) groups is 2. The first-order valence-corrected chi connectivity index (χ1v) is 22.0. The van der Waals surface area contributed by atoms with E-state index in [-0.39, 0.29) is 30.1 Å².